The number of hydrogen-bond acceptors (Lipinski definition) is 4. The van der Waals surface area contributed by atoms with Crippen LogP contribution >= 0.6 is 0 Å². The normalized spacial score (nSPS) is 9.93. The van der Waals surface area contributed by atoms with Gasteiger partial charge in [0.1, 0.15) is 5.69 Å². The topological polar surface area (TPSA) is 86.9 Å². The summed E-state index contributed by atoms with van der Waals surface area (Å²) in [6, 6.07) is 2.66. The third-order valence-electron chi connectivity index (χ3n) is 1.75. The summed E-state index contributed by atoms with van der Waals surface area (Å²) in [4.78, 5) is 22.1. The van der Waals surface area contributed by atoms with Gasteiger partial charge >= 0.3 is 0 Å². The Labute approximate surface area is 87.1 Å². The SMILES string of the molecule is CCNCCNC(=O)c1ccc(=O)[nH]n1. The van der Waals surface area contributed by atoms with Crippen molar-refractivity contribution in [3.8, 4) is 0 Å². The van der Waals surface area contributed by atoms with Crippen molar-refractivity contribution in [2.45, 2.75) is 6.92 Å². The standard InChI is InChI=1S/C9H14N4O2/c1-2-10-5-6-11-9(15)7-3-4-8(14)13-12-7/h3-4,10H,2,5-6H2,1H3,(H,11,15)(H,13,14). The summed E-state index contributed by atoms with van der Waals surface area (Å²) in [6.07, 6.45) is 0. The van der Waals surface area contributed by atoms with Gasteiger partial charge in [0, 0.05) is 19.2 Å². The van der Waals surface area contributed by atoms with Crippen molar-refractivity contribution in [2.24, 2.45) is 0 Å². The third kappa shape index (κ3) is 3.90. The average molecular weight is 210 g/mol. The summed E-state index contributed by atoms with van der Waals surface area (Å²) in [6.45, 7) is 4.11. The van der Waals surface area contributed by atoms with Crippen molar-refractivity contribution in [1.29, 1.82) is 0 Å². The second-order valence-electron chi connectivity index (χ2n) is 2.92. The Morgan fingerprint density at radius 2 is 2.27 bits per heavy atom. The molecule has 6 heteroatoms. The van der Waals surface area contributed by atoms with E-state index in [4.69, 9.17) is 0 Å². The maximum atomic E-state index is 11.4. The Morgan fingerprint density at radius 1 is 1.47 bits per heavy atom. The molecule has 1 heterocycles. The Morgan fingerprint density at radius 3 is 2.87 bits per heavy atom. The van der Waals surface area contributed by atoms with E-state index in [-0.39, 0.29) is 17.2 Å². The van der Waals surface area contributed by atoms with E-state index in [1.54, 1.807) is 0 Å². The molecule has 0 atom stereocenters. The summed E-state index contributed by atoms with van der Waals surface area (Å²) in [5.74, 6) is -0.288. The second kappa shape index (κ2) is 5.92. The van der Waals surface area contributed by atoms with Gasteiger partial charge in [-0.3, -0.25) is 9.59 Å². The van der Waals surface area contributed by atoms with Crippen molar-refractivity contribution in [3.63, 3.8) is 0 Å². The van der Waals surface area contributed by atoms with Gasteiger partial charge in [-0.1, -0.05) is 6.92 Å². The van der Waals surface area contributed by atoms with E-state index in [0.29, 0.717) is 13.1 Å². The van der Waals surface area contributed by atoms with E-state index in [0.717, 1.165) is 6.54 Å². The fraction of sp³-hybridized carbons (Fsp3) is 0.444. The van der Waals surface area contributed by atoms with Crippen LogP contribution in [-0.2, 0) is 0 Å². The minimum atomic E-state index is -0.320. The lowest BCUT2D eigenvalue weighted by Gasteiger charge is -2.03. The number of H-pyrrole nitrogens is 1. The van der Waals surface area contributed by atoms with Crippen molar-refractivity contribution in [1.82, 2.24) is 20.8 Å². The fourth-order valence-corrected chi connectivity index (χ4v) is 1.00. The molecule has 3 N–H and O–H groups in total. The highest BCUT2D eigenvalue weighted by Crippen LogP contribution is 1.86. The number of rotatable bonds is 5. The Bertz CT molecular complexity index is 354. The lowest BCUT2D eigenvalue weighted by atomic mass is 10.3. The zero-order valence-electron chi connectivity index (χ0n) is 8.54. The van der Waals surface area contributed by atoms with Gasteiger partial charge in [0.15, 0.2) is 0 Å². The molecule has 82 valence electrons. The molecule has 0 bridgehead atoms. The molecule has 0 unspecified atom stereocenters. The molecule has 6 nitrogen and oxygen atoms in total. The van der Waals surface area contributed by atoms with Gasteiger partial charge in [0.25, 0.3) is 11.5 Å². The predicted molar refractivity (Wildman–Crippen MR) is 55.7 cm³/mol. The highest BCUT2D eigenvalue weighted by Gasteiger charge is 2.05. The molecule has 1 aromatic heterocycles. The maximum absolute atomic E-state index is 11.4. The average Bonchev–Trinajstić information content (AvgIpc) is 2.25. The summed E-state index contributed by atoms with van der Waals surface area (Å²) >= 11 is 0. The van der Waals surface area contributed by atoms with Gasteiger partial charge in [0.05, 0.1) is 0 Å². The van der Waals surface area contributed by atoms with Crippen LogP contribution in [-0.4, -0.2) is 35.7 Å². The molecule has 0 aliphatic rings. The lowest BCUT2D eigenvalue weighted by Crippen LogP contribution is -2.32. The molecule has 0 fully saturated rings. The predicted octanol–water partition coefficient (Wildman–Crippen LogP) is -0.891. The molecule has 0 aliphatic carbocycles. The first-order valence-corrected chi connectivity index (χ1v) is 4.78. The number of nitrogens with zero attached hydrogens (tertiary/aromatic N) is 1. The van der Waals surface area contributed by atoms with Crippen LogP contribution in [0.1, 0.15) is 17.4 Å². The molecule has 0 spiro atoms. The van der Waals surface area contributed by atoms with E-state index in [1.807, 2.05) is 6.92 Å². The van der Waals surface area contributed by atoms with Crippen LogP contribution in [0.4, 0.5) is 0 Å². The van der Waals surface area contributed by atoms with Crippen LogP contribution < -0.4 is 16.2 Å². The highest BCUT2D eigenvalue weighted by atomic mass is 16.2. The highest BCUT2D eigenvalue weighted by molar-refractivity contribution is 5.91. The van der Waals surface area contributed by atoms with Crippen LogP contribution in [0.15, 0.2) is 16.9 Å². The number of aromatic amines is 1. The number of hydrogen-bond donors (Lipinski definition) is 3. The molecule has 0 aromatic carbocycles. The number of carbonyl (C=O) groups is 1. The van der Waals surface area contributed by atoms with Crippen LogP contribution in [0, 0.1) is 0 Å². The van der Waals surface area contributed by atoms with E-state index < -0.39 is 0 Å². The van der Waals surface area contributed by atoms with E-state index in [1.165, 1.54) is 12.1 Å². The number of likely N-dealkylation sites (N-methyl/N-ethyl adjacent to an activating group) is 1. The lowest BCUT2D eigenvalue weighted by molar-refractivity contribution is 0.0948. The summed E-state index contributed by atoms with van der Waals surface area (Å²) in [5.41, 5.74) is -0.106. The summed E-state index contributed by atoms with van der Waals surface area (Å²) in [5, 5.41) is 11.5. The van der Waals surface area contributed by atoms with Gasteiger partial charge in [0.2, 0.25) is 0 Å². The first kappa shape index (κ1) is 11.4. The van der Waals surface area contributed by atoms with E-state index in [2.05, 4.69) is 20.8 Å². The van der Waals surface area contributed by atoms with Crippen LogP contribution in [0.5, 0.6) is 0 Å². The molecule has 0 radical (unpaired) electrons. The Kier molecular flexibility index (Phi) is 4.49. The Hall–Kier alpha value is -1.69. The smallest absolute Gasteiger partial charge is 0.271 e. The monoisotopic (exact) mass is 210 g/mol. The van der Waals surface area contributed by atoms with Crippen molar-refractivity contribution < 1.29 is 4.79 Å². The first-order chi connectivity index (χ1) is 7.24. The molecule has 15 heavy (non-hydrogen) atoms. The quantitative estimate of drug-likeness (QED) is 0.550. The molecule has 1 rings (SSSR count). The minimum Gasteiger partial charge on any atom is -0.349 e. The second-order valence-corrected chi connectivity index (χ2v) is 2.92. The van der Waals surface area contributed by atoms with Crippen LogP contribution in [0.2, 0.25) is 0 Å². The molecular weight excluding hydrogens is 196 g/mol. The fourth-order valence-electron chi connectivity index (χ4n) is 1.00. The van der Waals surface area contributed by atoms with Crippen molar-refractivity contribution >= 4 is 5.91 Å². The van der Waals surface area contributed by atoms with Gasteiger partial charge in [-0.15, -0.1) is 0 Å². The van der Waals surface area contributed by atoms with Crippen LogP contribution in [0.25, 0.3) is 0 Å². The largest absolute Gasteiger partial charge is 0.349 e. The molecule has 0 aliphatic heterocycles. The van der Waals surface area contributed by atoms with Crippen molar-refractivity contribution in [2.75, 3.05) is 19.6 Å². The molecule has 0 saturated heterocycles. The minimum absolute atomic E-state index is 0.214. The van der Waals surface area contributed by atoms with Gasteiger partial charge in [-0.25, -0.2) is 5.10 Å². The molecular formula is C9H14N4O2. The number of aromatic nitrogens is 2. The Balaban J connectivity index is 2.40. The van der Waals surface area contributed by atoms with Gasteiger partial charge < -0.3 is 10.6 Å². The van der Waals surface area contributed by atoms with Gasteiger partial charge in [-0.2, -0.15) is 5.10 Å². The first-order valence-electron chi connectivity index (χ1n) is 4.78. The van der Waals surface area contributed by atoms with E-state index in [9.17, 15) is 9.59 Å². The zero-order valence-corrected chi connectivity index (χ0v) is 8.54. The third-order valence-corrected chi connectivity index (χ3v) is 1.75. The van der Waals surface area contributed by atoms with E-state index >= 15 is 0 Å². The number of carbonyl (C=O) groups excluding carboxylic acids is 1. The maximum Gasteiger partial charge on any atom is 0.271 e. The molecule has 0 saturated carbocycles. The van der Waals surface area contributed by atoms with Crippen molar-refractivity contribution in [3.05, 3.63) is 28.2 Å². The van der Waals surface area contributed by atoms with Gasteiger partial charge in [-0.05, 0) is 12.6 Å². The summed E-state index contributed by atoms with van der Waals surface area (Å²) in [7, 11) is 0. The van der Waals surface area contributed by atoms with Crippen LogP contribution in [0.3, 0.4) is 0 Å². The number of amides is 1. The number of nitrogens with one attached hydrogen (secondary N) is 3. The summed E-state index contributed by atoms with van der Waals surface area (Å²) < 4.78 is 0. The molecule has 1 amide bonds. The molecule has 1 aromatic rings. The zero-order chi connectivity index (χ0) is 11.1.